The van der Waals surface area contributed by atoms with Gasteiger partial charge in [-0.3, -0.25) is 9.69 Å². The van der Waals surface area contributed by atoms with Crippen molar-refractivity contribution >= 4 is 17.7 Å². The van der Waals surface area contributed by atoms with Crippen molar-refractivity contribution in [3.8, 4) is 0 Å². The highest BCUT2D eigenvalue weighted by Crippen LogP contribution is 2.37. The summed E-state index contributed by atoms with van der Waals surface area (Å²) in [7, 11) is 0. The van der Waals surface area contributed by atoms with E-state index in [4.69, 9.17) is 9.84 Å². The Morgan fingerprint density at radius 3 is 2.36 bits per heavy atom. The fraction of sp³-hybridized carbons (Fsp3) is 0.500. The Kier molecular flexibility index (Phi) is 10.5. The summed E-state index contributed by atoms with van der Waals surface area (Å²) in [5.74, 6) is 1.74. The van der Waals surface area contributed by atoms with Crippen molar-refractivity contribution in [3.63, 3.8) is 0 Å². The Morgan fingerprint density at radius 1 is 0.972 bits per heavy atom. The molecule has 4 atom stereocenters. The molecule has 1 aliphatic heterocycles. The smallest absolute Gasteiger partial charge is 0.303 e. The Bertz CT molecular complexity index is 959. The molecule has 2 fully saturated rings. The average molecular weight is 510 g/mol. The number of carboxylic acid groups (broad SMARTS) is 1. The molecule has 6 heteroatoms. The molecule has 1 saturated carbocycles. The van der Waals surface area contributed by atoms with Crippen LogP contribution in [0, 0.1) is 5.92 Å². The number of hydrogen-bond acceptors (Lipinski definition) is 5. The zero-order chi connectivity index (χ0) is 25.2. The predicted molar refractivity (Wildman–Crippen MR) is 146 cm³/mol. The van der Waals surface area contributed by atoms with Crippen LogP contribution in [0.15, 0.2) is 66.7 Å². The largest absolute Gasteiger partial charge is 0.481 e. The summed E-state index contributed by atoms with van der Waals surface area (Å²) in [5.41, 5.74) is 3.76. The highest BCUT2D eigenvalue weighted by Gasteiger charge is 2.45. The first-order valence-corrected chi connectivity index (χ1v) is 14.4. The molecule has 2 aliphatic rings. The lowest BCUT2D eigenvalue weighted by molar-refractivity contribution is -0.136. The van der Waals surface area contributed by atoms with Gasteiger partial charge in [0, 0.05) is 49.4 Å². The van der Waals surface area contributed by atoms with E-state index in [2.05, 4.69) is 59.5 Å². The number of carboxylic acids is 1. The number of aliphatic carboxylic acids is 1. The summed E-state index contributed by atoms with van der Waals surface area (Å²) in [6.07, 6.45) is 7.88. The molecular formula is C30H39NO4S. The molecule has 0 amide bonds. The second-order valence-corrected chi connectivity index (χ2v) is 11.1. The third kappa shape index (κ3) is 7.94. The predicted octanol–water partition coefficient (Wildman–Crippen LogP) is 5.16. The van der Waals surface area contributed by atoms with Gasteiger partial charge in [-0.1, -0.05) is 66.7 Å². The first-order valence-electron chi connectivity index (χ1n) is 13.2. The van der Waals surface area contributed by atoms with E-state index < -0.39 is 5.97 Å². The Morgan fingerprint density at radius 2 is 1.64 bits per heavy atom. The summed E-state index contributed by atoms with van der Waals surface area (Å²) in [6.45, 7) is 2.59. The normalized spacial score (nSPS) is 24.9. The minimum absolute atomic E-state index is 0.0241. The lowest BCUT2D eigenvalue weighted by Gasteiger charge is -2.37. The molecule has 0 unspecified atom stereocenters. The summed E-state index contributed by atoms with van der Waals surface area (Å²) < 4.78 is 6.47. The highest BCUT2D eigenvalue weighted by atomic mass is 32.2. The number of allylic oxidation sites excluding steroid dienone is 2. The number of carbonyl (C=O) groups is 1. The van der Waals surface area contributed by atoms with Gasteiger partial charge in [-0.25, -0.2) is 0 Å². The monoisotopic (exact) mass is 509 g/mol. The number of nitrogens with zero attached hydrogens (tertiary/aromatic N) is 1. The van der Waals surface area contributed by atoms with Crippen LogP contribution in [-0.4, -0.2) is 63.9 Å². The molecule has 36 heavy (non-hydrogen) atoms. The van der Waals surface area contributed by atoms with E-state index in [-0.39, 0.29) is 30.6 Å². The second-order valence-electron chi connectivity index (χ2n) is 9.92. The van der Waals surface area contributed by atoms with Gasteiger partial charge in [0.1, 0.15) is 0 Å². The van der Waals surface area contributed by atoms with Crippen molar-refractivity contribution in [1.29, 1.82) is 0 Å². The average Bonchev–Trinajstić information content (AvgIpc) is 3.21. The van der Waals surface area contributed by atoms with Gasteiger partial charge in [-0.05, 0) is 42.4 Å². The number of hydrogen-bond donors (Lipinski definition) is 2. The summed E-state index contributed by atoms with van der Waals surface area (Å²) in [6, 6.07) is 19.3. The Hall–Kier alpha value is -2.12. The maximum Gasteiger partial charge on any atom is 0.303 e. The molecule has 0 aromatic heterocycles. The van der Waals surface area contributed by atoms with Crippen LogP contribution in [0.4, 0.5) is 0 Å². The number of aliphatic hydroxyl groups excluding tert-OH is 1. The molecule has 0 bridgehead atoms. The zero-order valence-electron chi connectivity index (χ0n) is 21.0. The van der Waals surface area contributed by atoms with Crippen LogP contribution in [0.25, 0.3) is 0 Å². The Labute approximate surface area is 219 Å². The van der Waals surface area contributed by atoms with Crippen LogP contribution in [0.3, 0.4) is 0 Å². The fourth-order valence-electron chi connectivity index (χ4n) is 5.51. The highest BCUT2D eigenvalue weighted by molar-refractivity contribution is 7.99. The van der Waals surface area contributed by atoms with Gasteiger partial charge in [-0.15, -0.1) is 0 Å². The maximum absolute atomic E-state index is 11.0. The van der Waals surface area contributed by atoms with Crippen molar-refractivity contribution in [2.45, 2.75) is 63.4 Å². The van der Waals surface area contributed by atoms with Gasteiger partial charge in [0.25, 0.3) is 0 Å². The number of ether oxygens (including phenoxy) is 1. The van der Waals surface area contributed by atoms with Crippen LogP contribution < -0.4 is 0 Å². The SMILES string of the molecule is O=C(O)CC/C=C\CC[C@@H]1[C@@H](N2CCSCC2)[C@H](O)C[C@@H]1OCc1ccc(Cc2ccccc2)cc1. The lowest BCUT2D eigenvalue weighted by Crippen LogP contribution is -2.48. The number of aliphatic hydroxyl groups is 1. The van der Waals surface area contributed by atoms with Gasteiger partial charge in [-0.2, -0.15) is 11.8 Å². The first kappa shape index (κ1) is 26.9. The zero-order valence-corrected chi connectivity index (χ0v) is 21.8. The molecule has 1 heterocycles. The molecule has 1 aliphatic carbocycles. The third-order valence-corrected chi connectivity index (χ3v) is 8.29. The first-order chi connectivity index (χ1) is 17.6. The molecule has 2 aromatic carbocycles. The topological polar surface area (TPSA) is 70.0 Å². The van der Waals surface area contributed by atoms with Crippen LogP contribution in [0.5, 0.6) is 0 Å². The fourth-order valence-corrected chi connectivity index (χ4v) is 6.45. The number of thioether (sulfide) groups is 1. The minimum Gasteiger partial charge on any atom is -0.481 e. The second kappa shape index (κ2) is 14.0. The van der Waals surface area contributed by atoms with Crippen LogP contribution in [0.1, 0.15) is 48.8 Å². The summed E-state index contributed by atoms with van der Waals surface area (Å²) in [5, 5.41) is 19.9. The molecule has 0 spiro atoms. The van der Waals surface area contributed by atoms with E-state index in [1.807, 2.05) is 23.9 Å². The lowest BCUT2D eigenvalue weighted by atomic mass is 9.93. The Balaban J connectivity index is 1.35. The molecular weight excluding hydrogens is 470 g/mol. The summed E-state index contributed by atoms with van der Waals surface area (Å²) in [4.78, 5) is 13.2. The molecule has 5 nitrogen and oxygen atoms in total. The van der Waals surface area contributed by atoms with E-state index in [0.717, 1.165) is 49.4 Å². The van der Waals surface area contributed by atoms with Gasteiger partial charge in [0.05, 0.1) is 18.8 Å². The van der Waals surface area contributed by atoms with E-state index in [0.29, 0.717) is 19.4 Å². The molecule has 2 aromatic rings. The van der Waals surface area contributed by atoms with E-state index >= 15 is 0 Å². The van der Waals surface area contributed by atoms with Gasteiger partial charge >= 0.3 is 5.97 Å². The molecule has 2 N–H and O–H groups in total. The van der Waals surface area contributed by atoms with Crippen molar-refractivity contribution in [2.24, 2.45) is 5.92 Å². The number of rotatable bonds is 12. The van der Waals surface area contributed by atoms with Gasteiger partial charge in [0.15, 0.2) is 0 Å². The van der Waals surface area contributed by atoms with Crippen LogP contribution in [0.2, 0.25) is 0 Å². The van der Waals surface area contributed by atoms with E-state index in [1.54, 1.807) is 0 Å². The maximum atomic E-state index is 11.0. The van der Waals surface area contributed by atoms with Crippen molar-refractivity contribution in [2.75, 3.05) is 24.6 Å². The minimum atomic E-state index is -0.761. The van der Waals surface area contributed by atoms with Crippen LogP contribution >= 0.6 is 11.8 Å². The van der Waals surface area contributed by atoms with E-state index in [9.17, 15) is 9.90 Å². The van der Waals surface area contributed by atoms with E-state index in [1.165, 1.54) is 11.1 Å². The van der Waals surface area contributed by atoms with Crippen LogP contribution in [-0.2, 0) is 22.6 Å². The standard InChI is InChI=1S/C30H39NO4S/c32-27-21-28(35-22-25-14-12-24(13-15-25)20-23-8-4-3-5-9-23)26(10-6-1-2-7-11-29(33)34)30(27)31-16-18-36-19-17-31/h1-5,8-9,12-15,26-28,30,32H,6-7,10-11,16-22H2,(H,33,34)/b2-1-/t26-,27+,28-,30+/m0/s1. The number of benzene rings is 2. The molecule has 0 radical (unpaired) electrons. The molecule has 4 rings (SSSR count). The quantitative estimate of drug-likeness (QED) is 0.385. The molecule has 1 saturated heterocycles. The van der Waals surface area contributed by atoms with Crippen molar-refractivity contribution in [3.05, 3.63) is 83.4 Å². The third-order valence-electron chi connectivity index (χ3n) is 7.35. The van der Waals surface area contributed by atoms with Crippen molar-refractivity contribution in [1.82, 2.24) is 4.90 Å². The summed E-state index contributed by atoms with van der Waals surface area (Å²) >= 11 is 1.99. The van der Waals surface area contributed by atoms with Crippen molar-refractivity contribution < 1.29 is 19.7 Å². The molecule has 194 valence electrons. The van der Waals surface area contributed by atoms with Gasteiger partial charge in [0.2, 0.25) is 0 Å². The van der Waals surface area contributed by atoms with Gasteiger partial charge < -0.3 is 14.9 Å².